The van der Waals surface area contributed by atoms with E-state index >= 15 is 0 Å². The lowest BCUT2D eigenvalue weighted by molar-refractivity contribution is -0.137. The number of carbonyl (C=O) groups excluding carboxylic acids is 1. The second-order valence-electron chi connectivity index (χ2n) is 3.65. The summed E-state index contributed by atoms with van der Waals surface area (Å²) < 4.78 is 4.52. The fraction of sp³-hybridized carbons (Fsp3) is 0.455. The lowest BCUT2D eigenvalue weighted by Crippen LogP contribution is -2.29. The van der Waals surface area contributed by atoms with E-state index in [0.29, 0.717) is 12.1 Å². The number of nitrogens with one attached hydrogen (secondary N) is 1. The highest BCUT2D eigenvalue weighted by molar-refractivity contribution is 5.85. The van der Waals surface area contributed by atoms with Crippen molar-refractivity contribution in [3.05, 3.63) is 17.6 Å². The van der Waals surface area contributed by atoms with Gasteiger partial charge in [-0.2, -0.15) is 0 Å². The summed E-state index contributed by atoms with van der Waals surface area (Å²) in [7, 11) is 1.23. The Morgan fingerprint density at radius 2 is 2.17 bits per heavy atom. The molecule has 0 aliphatic rings. The molecule has 7 nitrogen and oxygen atoms in total. The first-order valence-electron chi connectivity index (χ1n) is 5.41. The molecule has 1 unspecified atom stereocenters. The van der Waals surface area contributed by atoms with Gasteiger partial charge in [0.05, 0.1) is 7.11 Å². The highest BCUT2D eigenvalue weighted by Crippen LogP contribution is 2.10. The molecule has 0 fully saturated rings. The number of carboxylic acids is 1. The van der Waals surface area contributed by atoms with Crippen molar-refractivity contribution in [3.63, 3.8) is 0 Å². The Bertz CT molecular complexity index is 462. The molecule has 0 bridgehead atoms. The van der Waals surface area contributed by atoms with Crippen LogP contribution < -0.4 is 5.32 Å². The molecule has 1 heterocycles. The molecule has 1 rings (SSSR count). The van der Waals surface area contributed by atoms with E-state index in [1.54, 1.807) is 19.9 Å². The maximum Gasteiger partial charge on any atom is 0.376 e. The third-order valence-corrected chi connectivity index (χ3v) is 2.25. The topological polar surface area (TPSA) is 101 Å². The molecular weight excluding hydrogens is 238 g/mol. The summed E-state index contributed by atoms with van der Waals surface area (Å²) in [4.78, 5) is 30.0. The highest BCUT2D eigenvalue weighted by atomic mass is 16.5. The number of hydrogen-bond donors (Lipinski definition) is 2. The summed E-state index contributed by atoms with van der Waals surface area (Å²) in [5, 5.41) is 11.7. The summed E-state index contributed by atoms with van der Waals surface area (Å²) in [5.74, 6) is -1.45. The number of hydrogen-bond acceptors (Lipinski definition) is 6. The average Bonchev–Trinajstić information content (AvgIpc) is 2.33. The van der Waals surface area contributed by atoms with E-state index < -0.39 is 18.0 Å². The van der Waals surface area contributed by atoms with Gasteiger partial charge in [0, 0.05) is 11.8 Å². The highest BCUT2D eigenvalue weighted by Gasteiger charge is 2.17. The molecule has 0 radical (unpaired) electrons. The SMILES string of the molecule is CCC(Nc1cc(C)nc(C(=O)OC)n1)C(=O)O. The summed E-state index contributed by atoms with van der Waals surface area (Å²) in [6, 6.07) is 0.808. The number of nitrogens with zero attached hydrogens (tertiary/aromatic N) is 2. The van der Waals surface area contributed by atoms with E-state index in [1.165, 1.54) is 7.11 Å². The number of anilines is 1. The van der Waals surface area contributed by atoms with Crippen molar-refractivity contribution in [2.24, 2.45) is 0 Å². The fourth-order valence-electron chi connectivity index (χ4n) is 1.34. The monoisotopic (exact) mass is 253 g/mol. The molecule has 1 aromatic rings. The van der Waals surface area contributed by atoms with Gasteiger partial charge in [0.25, 0.3) is 0 Å². The van der Waals surface area contributed by atoms with Crippen LogP contribution in [0.3, 0.4) is 0 Å². The zero-order chi connectivity index (χ0) is 13.7. The molecule has 7 heteroatoms. The van der Waals surface area contributed by atoms with E-state index in [0.717, 1.165) is 0 Å². The van der Waals surface area contributed by atoms with E-state index in [2.05, 4.69) is 20.0 Å². The van der Waals surface area contributed by atoms with E-state index in [-0.39, 0.29) is 11.6 Å². The number of rotatable bonds is 5. The summed E-state index contributed by atoms with van der Waals surface area (Å²) in [5.41, 5.74) is 0.549. The van der Waals surface area contributed by atoms with Crippen LogP contribution in [0.25, 0.3) is 0 Å². The van der Waals surface area contributed by atoms with Crippen LogP contribution in [-0.4, -0.2) is 40.2 Å². The van der Waals surface area contributed by atoms with Gasteiger partial charge in [-0.25, -0.2) is 19.6 Å². The van der Waals surface area contributed by atoms with Gasteiger partial charge in [0.1, 0.15) is 11.9 Å². The average molecular weight is 253 g/mol. The minimum absolute atomic E-state index is 0.0970. The van der Waals surface area contributed by atoms with E-state index in [4.69, 9.17) is 5.11 Å². The molecule has 18 heavy (non-hydrogen) atoms. The van der Waals surface area contributed by atoms with Gasteiger partial charge in [0.15, 0.2) is 0 Å². The van der Waals surface area contributed by atoms with Crippen LogP contribution in [-0.2, 0) is 9.53 Å². The van der Waals surface area contributed by atoms with Crippen molar-refractivity contribution in [1.82, 2.24) is 9.97 Å². The van der Waals surface area contributed by atoms with Crippen molar-refractivity contribution >= 4 is 17.8 Å². The summed E-state index contributed by atoms with van der Waals surface area (Å²) >= 11 is 0. The van der Waals surface area contributed by atoms with Crippen molar-refractivity contribution < 1.29 is 19.4 Å². The van der Waals surface area contributed by atoms with Crippen molar-refractivity contribution in [1.29, 1.82) is 0 Å². The first-order chi connectivity index (χ1) is 8.47. The van der Waals surface area contributed by atoms with Gasteiger partial charge in [-0.1, -0.05) is 6.92 Å². The maximum absolute atomic E-state index is 11.3. The van der Waals surface area contributed by atoms with Crippen molar-refractivity contribution in [2.45, 2.75) is 26.3 Å². The Labute approximate surface area is 104 Å². The van der Waals surface area contributed by atoms with Crippen LogP contribution in [0.1, 0.15) is 29.7 Å². The normalized spacial score (nSPS) is 11.7. The number of methoxy groups -OCH3 is 1. The van der Waals surface area contributed by atoms with Crippen LogP contribution in [0.2, 0.25) is 0 Å². The Morgan fingerprint density at radius 3 is 2.67 bits per heavy atom. The van der Waals surface area contributed by atoms with Gasteiger partial charge in [-0.15, -0.1) is 0 Å². The number of ether oxygens (including phenoxy) is 1. The largest absolute Gasteiger partial charge is 0.480 e. The zero-order valence-electron chi connectivity index (χ0n) is 10.4. The summed E-state index contributed by atoms with van der Waals surface area (Å²) in [6.45, 7) is 3.42. The van der Waals surface area contributed by atoms with Gasteiger partial charge in [0.2, 0.25) is 5.82 Å². The van der Waals surface area contributed by atoms with Gasteiger partial charge < -0.3 is 15.2 Å². The van der Waals surface area contributed by atoms with Gasteiger partial charge >= 0.3 is 11.9 Å². The minimum Gasteiger partial charge on any atom is -0.480 e. The third-order valence-electron chi connectivity index (χ3n) is 2.25. The fourth-order valence-corrected chi connectivity index (χ4v) is 1.34. The number of aromatic nitrogens is 2. The minimum atomic E-state index is -0.978. The molecule has 0 spiro atoms. The van der Waals surface area contributed by atoms with Crippen molar-refractivity contribution in [2.75, 3.05) is 12.4 Å². The molecule has 0 saturated carbocycles. The second kappa shape index (κ2) is 5.95. The first-order valence-corrected chi connectivity index (χ1v) is 5.41. The Morgan fingerprint density at radius 1 is 1.50 bits per heavy atom. The Kier molecular flexibility index (Phi) is 4.59. The Balaban J connectivity index is 2.99. The molecule has 0 saturated heterocycles. The van der Waals surface area contributed by atoms with Crippen LogP contribution in [0.4, 0.5) is 5.82 Å². The quantitative estimate of drug-likeness (QED) is 0.750. The molecule has 2 N–H and O–H groups in total. The predicted octanol–water partition coefficient (Wildman–Crippen LogP) is 0.847. The smallest absolute Gasteiger partial charge is 0.376 e. The molecule has 1 aromatic heterocycles. The van der Waals surface area contributed by atoms with E-state index in [9.17, 15) is 9.59 Å². The zero-order valence-corrected chi connectivity index (χ0v) is 10.4. The lowest BCUT2D eigenvalue weighted by atomic mass is 10.2. The predicted molar refractivity (Wildman–Crippen MR) is 63.4 cm³/mol. The van der Waals surface area contributed by atoms with Crippen molar-refractivity contribution in [3.8, 4) is 0 Å². The molecule has 98 valence electrons. The van der Waals surface area contributed by atoms with Gasteiger partial charge in [-0.05, 0) is 13.3 Å². The number of aryl methyl sites for hydroxylation is 1. The van der Waals surface area contributed by atoms with Crippen LogP contribution >= 0.6 is 0 Å². The Hall–Kier alpha value is -2.18. The number of carbonyl (C=O) groups is 2. The third kappa shape index (κ3) is 3.41. The molecule has 0 aromatic carbocycles. The lowest BCUT2D eigenvalue weighted by Gasteiger charge is -2.13. The number of carboxylic acid groups (broad SMARTS) is 1. The standard InChI is InChI=1S/C11H15N3O4/c1-4-7(10(15)16)13-8-5-6(2)12-9(14-8)11(17)18-3/h5,7H,4H2,1-3H3,(H,15,16)(H,12,13,14). The number of esters is 1. The maximum atomic E-state index is 11.3. The molecule has 0 aliphatic heterocycles. The first kappa shape index (κ1) is 13.9. The molecule has 1 atom stereocenters. The van der Waals surface area contributed by atoms with Crippen LogP contribution in [0.15, 0.2) is 6.07 Å². The number of aliphatic carboxylic acids is 1. The van der Waals surface area contributed by atoms with E-state index in [1.807, 2.05) is 0 Å². The van der Waals surface area contributed by atoms with Crippen LogP contribution in [0, 0.1) is 6.92 Å². The van der Waals surface area contributed by atoms with Gasteiger partial charge in [-0.3, -0.25) is 0 Å². The second-order valence-corrected chi connectivity index (χ2v) is 3.65. The molecular formula is C11H15N3O4. The molecule has 0 amide bonds. The molecule has 0 aliphatic carbocycles. The van der Waals surface area contributed by atoms with Crippen LogP contribution in [0.5, 0.6) is 0 Å². The summed E-state index contributed by atoms with van der Waals surface area (Å²) in [6.07, 6.45) is 0.395.